The number of likely N-dealkylation sites (N-methyl/N-ethyl adjacent to an activating group) is 1. The molecular formula is C20H27BrN2O2. The van der Waals surface area contributed by atoms with Crippen LogP contribution in [0.15, 0.2) is 40.9 Å². The van der Waals surface area contributed by atoms with Crippen LogP contribution in [0.1, 0.15) is 16.7 Å². The van der Waals surface area contributed by atoms with Crippen LogP contribution in [-0.2, 0) is 13.2 Å². The Balaban J connectivity index is 2.01. The molecule has 0 aliphatic heterocycles. The Morgan fingerprint density at radius 2 is 1.80 bits per heavy atom. The Bertz CT molecular complexity index is 672. The van der Waals surface area contributed by atoms with Crippen molar-refractivity contribution < 1.29 is 9.47 Å². The lowest BCUT2D eigenvalue weighted by molar-refractivity contribution is 0.282. The molecule has 0 heterocycles. The molecule has 0 saturated heterocycles. The van der Waals surface area contributed by atoms with Gasteiger partial charge in [0.15, 0.2) is 11.5 Å². The van der Waals surface area contributed by atoms with Crippen LogP contribution < -0.4 is 14.8 Å². The van der Waals surface area contributed by atoms with Gasteiger partial charge in [0.05, 0.1) is 11.6 Å². The van der Waals surface area contributed by atoms with Gasteiger partial charge in [-0.15, -0.1) is 0 Å². The highest BCUT2D eigenvalue weighted by Gasteiger charge is 2.12. The van der Waals surface area contributed by atoms with E-state index in [1.54, 1.807) is 7.11 Å². The SMILES string of the molecule is COc1cc(CNCCN(C)C)cc(Br)c1OCc1ccc(C)cc1. The first kappa shape index (κ1) is 19.8. The third kappa shape index (κ3) is 6.34. The van der Waals surface area contributed by atoms with Crippen molar-refractivity contribution in [2.24, 2.45) is 0 Å². The van der Waals surface area contributed by atoms with Crippen molar-refractivity contribution in [2.75, 3.05) is 34.3 Å². The van der Waals surface area contributed by atoms with Crippen LogP contribution in [0.3, 0.4) is 0 Å². The van der Waals surface area contributed by atoms with E-state index in [1.807, 2.05) is 6.07 Å². The maximum Gasteiger partial charge on any atom is 0.175 e. The molecule has 0 unspecified atom stereocenters. The second-order valence-electron chi connectivity index (χ2n) is 6.36. The first-order valence-corrected chi connectivity index (χ1v) is 9.19. The maximum absolute atomic E-state index is 6.00. The van der Waals surface area contributed by atoms with Crippen molar-refractivity contribution in [3.8, 4) is 11.5 Å². The van der Waals surface area contributed by atoms with Gasteiger partial charge < -0.3 is 19.7 Å². The van der Waals surface area contributed by atoms with E-state index in [1.165, 1.54) is 5.56 Å². The molecule has 136 valence electrons. The summed E-state index contributed by atoms with van der Waals surface area (Å²) < 4.78 is 12.4. The number of rotatable bonds is 9. The summed E-state index contributed by atoms with van der Waals surface area (Å²) in [5.74, 6) is 1.48. The van der Waals surface area contributed by atoms with Crippen molar-refractivity contribution >= 4 is 15.9 Å². The molecule has 1 N–H and O–H groups in total. The van der Waals surface area contributed by atoms with Crippen molar-refractivity contribution in [2.45, 2.75) is 20.1 Å². The highest BCUT2D eigenvalue weighted by atomic mass is 79.9. The number of nitrogens with one attached hydrogen (secondary N) is 1. The van der Waals surface area contributed by atoms with E-state index in [0.717, 1.165) is 46.7 Å². The van der Waals surface area contributed by atoms with Crippen LogP contribution in [0.2, 0.25) is 0 Å². The summed E-state index contributed by atoms with van der Waals surface area (Å²) in [5, 5.41) is 3.44. The molecule has 2 aromatic carbocycles. The van der Waals surface area contributed by atoms with E-state index in [-0.39, 0.29) is 0 Å². The fourth-order valence-electron chi connectivity index (χ4n) is 2.39. The third-order valence-corrected chi connectivity index (χ3v) is 4.45. The van der Waals surface area contributed by atoms with Crippen molar-refractivity contribution in [1.29, 1.82) is 0 Å². The first-order valence-electron chi connectivity index (χ1n) is 8.40. The third-order valence-electron chi connectivity index (χ3n) is 3.86. The Morgan fingerprint density at radius 1 is 1.08 bits per heavy atom. The molecule has 0 saturated carbocycles. The van der Waals surface area contributed by atoms with E-state index in [2.05, 4.69) is 77.5 Å². The van der Waals surface area contributed by atoms with Gasteiger partial charge in [-0.05, 0) is 60.2 Å². The molecule has 0 radical (unpaired) electrons. The van der Waals surface area contributed by atoms with Gasteiger partial charge in [0, 0.05) is 19.6 Å². The van der Waals surface area contributed by atoms with Crippen molar-refractivity contribution in [3.05, 3.63) is 57.6 Å². The summed E-state index contributed by atoms with van der Waals surface area (Å²) in [5.41, 5.74) is 3.53. The monoisotopic (exact) mass is 406 g/mol. The number of halogens is 1. The lowest BCUT2D eigenvalue weighted by Crippen LogP contribution is -2.26. The van der Waals surface area contributed by atoms with E-state index >= 15 is 0 Å². The van der Waals surface area contributed by atoms with Crippen LogP contribution >= 0.6 is 15.9 Å². The molecule has 0 fully saturated rings. The molecule has 0 aromatic heterocycles. The summed E-state index contributed by atoms with van der Waals surface area (Å²) in [4.78, 5) is 2.16. The van der Waals surface area contributed by atoms with E-state index in [0.29, 0.717) is 6.61 Å². The Kier molecular flexibility index (Phi) is 7.75. The predicted molar refractivity (Wildman–Crippen MR) is 106 cm³/mol. The Morgan fingerprint density at radius 3 is 2.44 bits per heavy atom. The number of methoxy groups -OCH3 is 1. The molecule has 0 amide bonds. The number of hydrogen-bond acceptors (Lipinski definition) is 4. The molecule has 5 heteroatoms. The van der Waals surface area contributed by atoms with Gasteiger partial charge in [0.25, 0.3) is 0 Å². The quantitative estimate of drug-likeness (QED) is 0.638. The van der Waals surface area contributed by atoms with Gasteiger partial charge in [-0.1, -0.05) is 29.8 Å². The van der Waals surface area contributed by atoms with Crippen LogP contribution in [0.25, 0.3) is 0 Å². The van der Waals surface area contributed by atoms with E-state index < -0.39 is 0 Å². The summed E-state index contributed by atoms with van der Waals surface area (Å²) in [6, 6.07) is 12.5. The average molecular weight is 407 g/mol. The molecule has 0 bridgehead atoms. The minimum absolute atomic E-state index is 0.510. The fraction of sp³-hybridized carbons (Fsp3) is 0.400. The molecule has 2 aromatic rings. The van der Waals surface area contributed by atoms with Crippen molar-refractivity contribution in [1.82, 2.24) is 10.2 Å². The highest BCUT2D eigenvalue weighted by molar-refractivity contribution is 9.10. The molecule has 0 spiro atoms. The van der Waals surface area contributed by atoms with Crippen LogP contribution in [0, 0.1) is 6.92 Å². The zero-order valence-corrected chi connectivity index (χ0v) is 17.0. The molecule has 25 heavy (non-hydrogen) atoms. The summed E-state index contributed by atoms with van der Waals surface area (Å²) in [6.45, 7) is 5.33. The summed E-state index contributed by atoms with van der Waals surface area (Å²) in [6.07, 6.45) is 0. The van der Waals surface area contributed by atoms with Crippen LogP contribution in [0.5, 0.6) is 11.5 Å². The normalized spacial score (nSPS) is 11.0. The standard InChI is InChI=1S/C20H27BrN2O2/c1-15-5-7-16(8-6-15)14-25-20-18(21)11-17(12-19(20)24-4)13-22-9-10-23(2)3/h5-8,11-12,22H,9-10,13-14H2,1-4H3. The molecule has 0 aliphatic carbocycles. The van der Waals surface area contributed by atoms with Crippen LogP contribution in [-0.4, -0.2) is 39.2 Å². The largest absolute Gasteiger partial charge is 0.493 e. The van der Waals surface area contributed by atoms with Crippen LogP contribution in [0.4, 0.5) is 0 Å². The zero-order chi connectivity index (χ0) is 18.2. The summed E-state index contributed by atoms with van der Waals surface area (Å²) in [7, 11) is 5.81. The smallest absolute Gasteiger partial charge is 0.175 e. The van der Waals surface area contributed by atoms with Gasteiger partial charge in [-0.2, -0.15) is 0 Å². The second kappa shape index (κ2) is 9.80. The lowest BCUT2D eigenvalue weighted by atomic mass is 10.1. The number of hydrogen-bond donors (Lipinski definition) is 1. The van der Waals surface area contributed by atoms with E-state index in [4.69, 9.17) is 9.47 Å². The maximum atomic E-state index is 6.00. The van der Waals surface area contributed by atoms with Gasteiger partial charge in [0.2, 0.25) is 0 Å². The van der Waals surface area contributed by atoms with Gasteiger partial charge in [-0.25, -0.2) is 0 Å². The second-order valence-corrected chi connectivity index (χ2v) is 7.22. The molecule has 0 atom stereocenters. The minimum atomic E-state index is 0.510. The predicted octanol–water partition coefficient (Wildman–Crippen LogP) is 4.00. The summed E-state index contributed by atoms with van der Waals surface area (Å²) >= 11 is 3.62. The van der Waals surface area contributed by atoms with Gasteiger partial charge in [-0.3, -0.25) is 0 Å². The first-order chi connectivity index (χ1) is 12.0. The zero-order valence-electron chi connectivity index (χ0n) is 15.4. The minimum Gasteiger partial charge on any atom is -0.493 e. The molecule has 2 rings (SSSR count). The molecular weight excluding hydrogens is 380 g/mol. The number of ether oxygens (including phenoxy) is 2. The fourth-order valence-corrected chi connectivity index (χ4v) is 2.99. The lowest BCUT2D eigenvalue weighted by Gasteiger charge is -2.15. The van der Waals surface area contributed by atoms with E-state index in [9.17, 15) is 0 Å². The molecule has 4 nitrogen and oxygen atoms in total. The van der Waals surface area contributed by atoms with Gasteiger partial charge in [0.1, 0.15) is 6.61 Å². The topological polar surface area (TPSA) is 33.7 Å². The highest BCUT2D eigenvalue weighted by Crippen LogP contribution is 2.37. The van der Waals surface area contributed by atoms with Crippen molar-refractivity contribution in [3.63, 3.8) is 0 Å². The number of nitrogens with zero attached hydrogens (tertiary/aromatic N) is 1. The Labute approximate surface area is 159 Å². The van der Waals surface area contributed by atoms with Gasteiger partial charge >= 0.3 is 0 Å². The average Bonchev–Trinajstić information content (AvgIpc) is 2.58. The number of benzene rings is 2. The Hall–Kier alpha value is -1.56. The molecule has 0 aliphatic rings. The number of aryl methyl sites for hydroxylation is 1.